The average molecular weight is 620 g/mol. The Kier molecular flexibility index (Phi) is 9.34. The van der Waals surface area contributed by atoms with E-state index in [-0.39, 0.29) is 40.9 Å². The largest absolute Gasteiger partial charge is 0.481 e. The third kappa shape index (κ3) is 7.04. The summed E-state index contributed by atoms with van der Waals surface area (Å²) in [5.41, 5.74) is 2.00. The molecule has 3 heterocycles. The van der Waals surface area contributed by atoms with Crippen LogP contribution in [0.1, 0.15) is 37.0 Å². The molecule has 0 saturated heterocycles. The Morgan fingerprint density at radius 1 is 0.932 bits per heavy atom. The number of carbonyl (C=O) groups excluding carboxylic acids is 2. The second-order valence-electron chi connectivity index (χ2n) is 10.6. The monoisotopic (exact) mass is 619 g/mol. The zero-order valence-corrected chi connectivity index (χ0v) is 25.5. The van der Waals surface area contributed by atoms with Gasteiger partial charge < -0.3 is 20.1 Å². The molecular formula is C31H31ClFN7O4. The number of fused-ring (bicyclic) bond motifs is 1. The second kappa shape index (κ2) is 13.0. The maximum atomic E-state index is 15.0. The minimum atomic E-state index is -0.713. The van der Waals surface area contributed by atoms with Gasteiger partial charge in [-0.05, 0) is 42.5 Å². The van der Waals surface area contributed by atoms with E-state index in [0.717, 1.165) is 22.7 Å². The van der Waals surface area contributed by atoms with Gasteiger partial charge in [0.25, 0.3) is 5.91 Å². The Morgan fingerprint density at radius 3 is 2.41 bits per heavy atom. The van der Waals surface area contributed by atoms with Crippen molar-refractivity contribution in [3.05, 3.63) is 90.1 Å². The minimum Gasteiger partial charge on any atom is -0.481 e. The van der Waals surface area contributed by atoms with E-state index in [0.29, 0.717) is 23.1 Å². The predicted octanol–water partition coefficient (Wildman–Crippen LogP) is 6.48. The van der Waals surface area contributed by atoms with Crippen molar-refractivity contribution in [2.75, 3.05) is 24.8 Å². The third-order valence-electron chi connectivity index (χ3n) is 6.44. The number of urea groups is 1. The van der Waals surface area contributed by atoms with Gasteiger partial charge in [-0.1, -0.05) is 20.8 Å². The van der Waals surface area contributed by atoms with Crippen molar-refractivity contribution in [2.45, 2.75) is 26.2 Å². The summed E-state index contributed by atoms with van der Waals surface area (Å²) in [5, 5.41) is 13.4. The Labute approximate surface area is 259 Å². The average Bonchev–Trinajstić information content (AvgIpc) is 3.42. The topological polar surface area (TPSA) is 132 Å². The highest BCUT2D eigenvalue weighted by molar-refractivity contribution is 5.99. The summed E-state index contributed by atoms with van der Waals surface area (Å²) in [4.78, 5) is 33.3. The van der Waals surface area contributed by atoms with Crippen LogP contribution in [0.5, 0.6) is 17.4 Å². The van der Waals surface area contributed by atoms with Gasteiger partial charge in [0, 0.05) is 48.3 Å². The van der Waals surface area contributed by atoms with Gasteiger partial charge in [-0.3, -0.25) is 15.1 Å². The molecular weight excluding hydrogens is 589 g/mol. The molecule has 0 unspecified atom stereocenters. The number of methoxy groups -OCH3 is 1. The van der Waals surface area contributed by atoms with E-state index in [9.17, 15) is 14.0 Å². The molecule has 5 aromatic rings. The van der Waals surface area contributed by atoms with Crippen molar-refractivity contribution in [1.29, 1.82) is 0 Å². The van der Waals surface area contributed by atoms with Crippen LogP contribution in [-0.4, -0.2) is 45.8 Å². The van der Waals surface area contributed by atoms with Gasteiger partial charge in [-0.25, -0.2) is 18.9 Å². The first kappa shape index (κ1) is 31.7. The Bertz CT molecular complexity index is 1840. The van der Waals surface area contributed by atoms with Gasteiger partial charge in [-0.15, -0.1) is 12.4 Å². The predicted molar refractivity (Wildman–Crippen MR) is 168 cm³/mol. The number of hydrogen-bond donors (Lipinski definition) is 3. The first-order valence-corrected chi connectivity index (χ1v) is 13.3. The number of aromatic nitrogens is 4. The normalized spacial score (nSPS) is 11.0. The number of benzene rings is 2. The Morgan fingerprint density at radius 2 is 1.70 bits per heavy atom. The fourth-order valence-corrected chi connectivity index (χ4v) is 4.17. The standard InChI is InChI=1S/C31H30FN7O4.ClH/c1-31(2,3)26-17-27(39(38-26)19-7-9-23-18(14-19)6-11-28(35-23)42-5)37-30(41)36-24-10-8-20(15-22(24)32)43-21-12-13-34-25(16-21)29(40)33-4;/h6-17H,1-5H3,(H,33,40)(H2,36,37,41);1H. The minimum absolute atomic E-state index is 0. The van der Waals surface area contributed by atoms with Crippen molar-refractivity contribution in [2.24, 2.45) is 0 Å². The number of amides is 3. The second-order valence-corrected chi connectivity index (χ2v) is 10.6. The summed E-state index contributed by atoms with van der Waals surface area (Å²) >= 11 is 0. The molecule has 0 aliphatic carbocycles. The summed E-state index contributed by atoms with van der Waals surface area (Å²) in [5.74, 6) is 0.291. The number of nitrogens with zero attached hydrogens (tertiary/aromatic N) is 4. The Hall–Kier alpha value is -5.23. The first-order chi connectivity index (χ1) is 20.5. The van der Waals surface area contributed by atoms with Crippen LogP contribution in [0.15, 0.2) is 72.9 Å². The van der Waals surface area contributed by atoms with Gasteiger partial charge in [0.05, 0.1) is 29.7 Å². The van der Waals surface area contributed by atoms with Crippen LogP contribution in [0.3, 0.4) is 0 Å². The molecule has 0 radical (unpaired) electrons. The van der Waals surface area contributed by atoms with Crippen LogP contribution in [0.4, 0.5) is 20.7 Å². The van der Waals surface area contributed by atoms with Crippen molar-refractivity contribution < 1.29 is 23.5 Å². The molecule has 0 aliphatic rings. The summed E-state index contributed by atoms with van der Waals surface area (Å²) < 4.78 is 27.5. The molecule has 5 rings (SSSR count). The van der Waals surface area contributed by atoms with E-state index in [4.69, 9.17) is 14.6 Å². The summed E-state index contributed by atoms with van der Waals surface area (Å²) in [6, 6.07) is 17.4. The Balaban J connectivity index is 0.00000442. The highest BCUT2D eigenvalue weighted by atomic mass is 35.5. The molecule has 0 spiro atoms. The lowest BCUT2D eigenvalue weighted by atomic mass is 9.92. The molecule has 228 valence electrons. The van der Waals surface area contributed by atoms with Crippen LogP contribution in [0.2, 0.25) is 0 Å². The molecule has 11 nitrogen and oxygen atoms in total. The van der Waals surface area contributed by atoms with Gasteiger partial charge in [0.2, 0.25) is 5.88 Å². The third-order valence-corrected chi connectivity index (χ3v) is 6.44. The molecule has 0 saturated carbocycles. The van der Waals surface area contributed by atoms with E-state index >= 15 is 0 Å². The number of ether oxygens (including phenoxy) is 2. The zero-order valence-electron chi connectivity index (χ0n) is 24.6. The fourth-order valence-electron chi connectivity index (χ4n) is 4.17. The van der Waals surface area contributed by atoms with Crippen LogP contribution >= 0.6 is 12.4 Å². The van der Waals surface area contributed by atoms with Crippen LogP contribution < -0.4 is 25.4 Å². The number of hydrogen-bond acceptors (Lipinski definition) is 7. The number of anilines is 2. The van der Waals surface area contributed by atoms with Crippen molar-refractivity contribution >= 4 is 46.8 Å². The quantitative estimate of drug-likeness (QED) is 0.190. The molecule has 0 bridgehead atoms. The van der Waals surface area contributed by atoms with E-state index in [1.54, 1.807) is 30.0 Å². The smallest absolute Gasteiger partial charge is 0.324 e. The molecule has 3 amide bonds. The molecule has 13 heteroatoms. The van der Waals surface area contributed by atoms with Crippen LogP contribution in [0, 0.1) is 5.82 Å². The molecule has 2 aromatic carbocycles. The molecule has 0 aliphatic heterocycles. The first-order valence-electron chi connectivity index (χ1n) is 13.3. The van der Waals surface area contributed by atoms with Crippen LogP contribution in [-0.2, 0) is 5.41 Å². The maximum absolute atomic E-state index is 15.0. The lowest BCUT2D eigenvalue weighted by Gasteiger charge is -2.14. The molecule has 44 heavy (non-hydrogen) atoms. The summed E-state index contributed by atoms with van der Waals surface area (Å²) in [6.07, 6.45) is 1.41. The fraction of sp³-hybridized carbons (Fsp3) is 0.194. The lowest BCUT2D eigenvalue weighted by Crippen LogP contribution is -2.22. The maximum Gasteiger partial charge on any atom is 0.324 e. The summed E-state index contributed by atoms with van der Waals surface area (Å²) in [7, 11) is 3.05. The van der Waals surface area contributed by atoms with Crippen molar-refractivity contribution in [3.8, 4) is 23.1 Å². The molecule has 0 atom stereocenters. The van der Waals surface area contributed by atoms with Crippen molar-refractivity contribution in [1.82, 2.24) is 25.1 Å². The van der Waals surface area contributed by atoms with E-state index < -0.39 is 11.8 Å². The molecule has 3 aromatic heterocycles. The number of pyridine rings is 2. The number of rotatable bonds is 7. The van der Waals surface area contributed by atoms with Crippen LogP contribution in [0.25, 0.3) is 16.6 Å². The molecule has 0 fully saturated rings. The molecule has 3 N–H and O–H groups in total. The van der Waals surface area contributed by atoms with Gasteiger partial charge in [-0.2, -0.15) is 5.10 Å². The SMILES string of the molecule is CNC(=O)c1cc(Oc2ccc(NC(=O)Nc3cc(C(C)(C)C)nn3-c3ccc4nc(OC)ccc4c3)c(F)c2)ccn1.Cl. The van der Waals surface area contributed by atoms with Gasteiger partial charge >= 0.3 is 6.03 Å². The zero-order chi connectivity index (χ0) is 30.7. The van der Waals surface area contributed by atoms with Gasteiger partial charge in [0.15, 0.2) is 0 Å². The highest BCUT2D eigenvalue weighted by Crippen LogP contribution is 2.29. The van der Waals surface area contributed by atoms with E-state index in [2.05, 4.69) is 25.9 Å². The lowest BCUT2D eigenvalue weighted by molar-refractivity contribution is 0.0957. The summed E-state index contributed by atoms with van der Waals surface area (Å²) in [6.45, 7) is 6.05. The number of carbonyl (C=O) groups is 2. The van der Waals surface area contributed by atoms with E-state index in [1.807, 2.05) is 45.0 Å². The number of nitrogens with one attached hydrogen (secondary N) is 3. The van der Waals surface area contributed by atoms with E-state index in [1.165, 1.54) is 31.4 Å². The number of halogens is 2. The van der Waals surface area contributed by atoms with Gasteiger partial charge in [0.1, 0.15) is 28.8 Å². The highest BCUT2D eigenvalue weighted by Gasteiger charge is 2.22. The van der Waals surface area contributed by atoms with Crippen molar-refractivity contribution in [3.63, 3.8) is 0 Å².